The molecular weight excluding hydrogens is 322 g/mol. The molecule has 0 aliphatic rings. The van der Waals surface area contributed by atoms with E-state index in [1.165, 1.54) is 0 Å². The molecule has 23 heavy (non-hydrogen) atoms. The van der Waals surface area contributed by atoms with Gasteiger partial charge in [0.25, 0.3) is 0 Å². The maximum absolute atomic E-state index is 9.61. The first-order valence-electron chi connectivity index (χ1n) is 6.85. The van der Waals surface area contributed by atoms with Crippen LogP contribution in [0.2, 0.25) is 0 Å². The molecule has 8 nitrogen and oxygen atoms in total. The third-order valence-corrected chi connectivity index (χ3v) is 3.18. The lowest BCUT2D eigenvalue weighted by Crippen LogP contribution is -2.46. The molecule has 128 valence electrons. The van der Waals surface area contributed by atoms with Gasteiger partial charge in [-0.05, 0) is 31.3 Å². The van der Waals surface area contributed by atoms with Crippen LogP contribution in [0.25, 0.3) is 0 Å². The Morgan fingerprint density at radius 1 is 1.17 bits per heavy atom. The van der Waals surface area contributed by atoms with Crippen molar-refractivity contribution in [1.29, 1.82) is 0 Å². The van der Waals surface area contributed by atoms with Crippen molar-refractivity contribution in [3.05, 3.63) is 29.8 Å². The van der Waals surface area contributed by atoms with Crippen molar-refractivity contribution in [2.45, 2.75) is 31.3 Å². The highest BCUT2D eigenvalue weighted by Gasteiger charge is 2.29. The zero-order chi connectivity index (χ0) is 17.4. The summed E-state index contributed by atoms with van der Waals surface area (Å²) in [6.45, 7) is 1.21. The molecule has 0 saturated heterocycles. The number of hydrazone groups is 1. The van der Waals surface area contributed by atoms with Crippen LogP contribution in [0.3, 0.4) is 0 Å². The summed E-state index contributed by atoms with van der Waals surface area (Å²) in [7, 11) is 0. The highest BCUT2D eigenvalue weighted by molar-refractivity contribution is 7.80. The molecule has 7 N–H and O–H groups in total. The third-order valence-electron chi connectivity index (χ3n) is 2.98. The van der Waals surface area contributed by atoms with E-state index in [2.05, 4.69) is 15.8 Å². The van der Waals surface area contributed by atoms with Crippen molar-refractivity contribution in [2.75, 3.05) is 11.9 Å². The van der Waals surface area contributed by atoms with Gasteiger partial charge in [-0.15, -0.1) is 0 Å². The predicted octanol–water partition coefficient (Wildman–Crippen LogP) is -1.30. The summed E-state index contributed by atoms with van der Waals surface area (Å²) < 4.78 is 0. The van der Waals surface area contributed by atoms with Gasteiger partial charge in [0.2, 0.25) is 0 Å². The van der Waals surface area contributed by atoms with Gasteiger partial charge in [-0.3, -0.25) is 5.43 Å². The van der Waals surface area contributed by atoms with Crippen molar-refractivity contribution >= 4 is 29.2 Å². The Kier molecular flexibility index (Phi) is 8.03. The van der Waals surface area contributed by atoms with Crippen molar-refractivity contribution in [3.8, 4) is 0 Å². The molecule has 0 aliphatic heterocycles. The standard InChI is InChI=1S/C14H21N3O5S/c1-8-2-4-9(5-3-8)16-14(23)17-15-6-10(19)12(21)13(22)11(20)7-18/h2-6,10-13,18-22H,7H2,1H3,(H2,16,17,23)/t10-,11+,12+,13+/m0/s1. The Labute approximate surface area is 139 Å². The van der Waals surface area contributed by atoms with Gasteiger partial charge in [-0.25, -0.2) is 0 Å². The summed E-state index contributed by atoms with van der Waals surface area (Å²) in [5, 5.41) is 53.1. The molecule has 0 saturated carbocycles. The fourth-order valence-corrected chi connectivity index (χ4v) is 1.76. The molecule has 0 radical (unpaired) electrons. The van der Waals surface area contributed by atoms with Gasteiger partial charge >= 0.3 is 0 Å². The lowest BCUT2D eigenvalue weighted by Gasteiger charge is -2.23. The van der Waals surface area contributed by atoms with Crippen molar-refractivity contribution < 1.29 is 25.5 Å². The number of hydrogen-bond acceptors (Lipinski definition) is 7. The Hall–Kier alpha value is -1.62. The smallest absolute Gasteiger partial charge is 0.191 e. The van der Waals surface area contributed by atoms with E-state index in [1.54, 1.807) is 0 Å². The molecule has 1 aromatic carbocycles. The van der Waals surface area contributed by atoms with Crippen LogP contribution < -0.4 is 10.7 Å². The summed E-state index contributed by atoms with van der Waals surface area (Å²) in [4.78, 5) is 0. The van der Waals surface area contributed by atoms with Crippen LogP contribution in [-0.4, -0.2) is 67.9 Å². The van der Waals surface area contributed by atoms with Crippen molar-refractivity contribution in [3.63, 3.8) is 0 Å². The lowest BCUT2D eigenvalue weighted by molar-refractivity contribution is -0.0999. The number of aryl methyl sites for hydroxylation is 1. The zero-order valence-electron chi connectivity index (χ0n) is 12.5. The van der Waals surface area contributed by atoms with E-state index in [-0.39, 0.29) is 5.11 Å². The molecule has 4 atom stereocenters. The second-order valence-corrected chi connectivity index (χ2v) is 5.34. The molecule has 0 spiro atoms. The molecule has 0 heterocycles. The van der Waals surface area contributed by atoms with Gasteiger partial charge in [0.05, 0.1) is 12.8 Å². The van der Waals surface area contributed by atoms with Gasteiger partial charge in [0.15, 0.2) is 5.11 Å². The molecular formula is C14H21N3O5S. The van der Waals surface area contributed by atoms with Crippen LogP contribution in [0.5, 0.6) is 0 Å². The molecule has 0 aliphatic carbocycles. The number of aliphatic hydroxyl groups excluding tert-OH is 5. The van der Waals surface area contributed by atoms with E-state index < -0.39 is 31.0 Å². The topological polar surface area (TPSA) is 138 Å². The van der Waals surface area contributed by atoms with Crippen LogP contribution in [0.15, 0.2) is 29.4 Å². The largest absolute Gasteiger partial charge is 0.394 e. The first-order chi connectivity index (χ1) is 10.8. The number of anilines is 1. The lowest BCUT2D eigenvalue weighted by atomic mass is 10.0. The fraction of sp³-hybridized carbons (Fsp3) is 0.429. The summed E-state index contributed by atoms with van der Waals surface area (Å²) in [6.07, 6.45) is -5.62. The van der Waals surface area contributed by atoms with Crippen LogP contribution in [0.1, 0.15) is 5.56 Å². The number of hydrogen-bond donors (Lipinski definition) is 7. The van der Waals surface area contributed by atoms with Crippen LogP contribution in [0.4, 0.5) is 5.69 Å². The fourth-order valence-electron chi connectivity index (χ4n) is 1.59. The first-order valence-corrected chi connectivity index (χ1v) is 7.26. The molecule has 1 aromatic rings. The van der Waals surface area contributed by atoms with Crippen molar-refractivity contribution in [2.24, 2.45) is 5.10 Å². The summed E-state index contributed by atoms with van der Waals surface area (Å²) in [5.41, 5.74) is 4.30. The van der Waals surface area contributed by atoms with Crippen molar-refractivity contribution in [1.82, 2.24) is 5.43 Å². The van der Waals surface area contributed by atoms with Gasteiger partial charge in [-0.1, -0.05) is 17.7 Å². The summed E-state index contributed by atoms with van der Waals surface area (Å²) >= 11 is 5.00. The molecule has 0 fully saturated rings. The second kappa shape index (κ2) is 9.50. The molecule has 0 bridgehead atoms. The summed E-state index contributed by atoms with van der Waals surface area (Å²) in [6, 6.07) is 7.47. The molecule has 0 unspecified atom stereocenters. The number of nitrogens with one attached hydrogen (secondary N) is 2. The Morgan fingerprint density at radius 2 is 1.78 bits per heavy atom. The second-order valence-electron chi connectivity index (χ2n) is 4.93. The van der Waals surface area contributed by atoms with E-state index in [0.717, 1.165) is 17.5 Å². The quantitative estimate of drug-likeness (QED) is 0.184. The maximum Gasteiger partial charge on any atom is 0.191 e. The number of rotatable bonds is 7. The van der Waals surface area contributed by atoms with Gasteiger partial charge in [0.1, 0.15) is 24.4 Å². The number of benzene rings is 1. The number of nitrogens with zero attached hydrogens (tertiary/aromatic N) is 1. The first kappa shape index (κ1) is 19.4. The predicted molar refractivity (Wildman–Crippen MR) is 90.1 cm³/mol. The minimum absolute atomic E-state index is 0.169. The average Bonchev–Trinajstić information content (AvgIpc) is 2.54. The van der Waals surface area contributed by atoms with E-state index in [1.807, 2.05) is 31.2 Å². The summed E-state index contributed by atoms with van der Waals surface area (Å²) in [5.74, 6) is 0. The van der Waals surface area contributed by atoms with E-state index in [4.69, 9.17) is 17.3 Å². The molecule has 0 amide bonds. The van der Waals surface area contributed by atoms with Crippen LogP contribution in [0, 0.1) is 6.92 Å². The highest BCUT2D eigenvalue weighted by Crippen LogP contribution is 2.08. The Balaban J connectivity index is 2.44. The SMILES string of the molecule is Cc1ccc(NC(=S)NN=C[C@H](O)[C@@H](O)[C@H](O)[C@H](O)CO)cc1. The average molecular weight is 343 g/mol. The monoisotopic (exact) mass is 343 g/mol. The van der Waals surface area contributed by atoms with Gasteiger partial charge < -0.3 is 30.8 Å². The van der Waals surface area contributed by atoms with E-state index in [9.17, 15) is 20.4 Å². The maximum atomic E-state index is 9.61. The van der Waals surface area contributed by atoms with Crippen LogP contribution in [-0.2, 0) is 0 Å². The Morgan fingerprint density at radius 3 is 2.35 bits per heavy atom. The van der Waals surface area contributed by atoms with Crippen LogP contribution >= 0.6 is 12.2 Å². The third kappa shape index (κ3) is 6.57. The number of thiocarbonyl (C=S) groups is 1. The van der Waals surface area contributed by atoms with Gasteiger partial charge in [-0.2, -0.15) is 5.10 Å². The highest BCUT2D eigenvalue weighted by atomic mass is 32.1. The minimum atomic E-state index is -1.71. The Bertz CT molecular complexity index is 526. The normalized spacial score (nSPS) is 16.6. The molecule has 1 rings (SSSR count). The minimum Gasteiger partial charge on any atom is -0.394 e. The van der Waals surface area contributed by atoms with Gasteiger partial charge in [0, 0.05) is 5.69 Å². The molecule has 9 heteroatoms. The number of aliphatic hydroxyl groups is 5. The zero-order valence-corrected chi connectivity index (χ0v) is 13.3. The molecule has 0 aromatic heterocycles. The van der Waals surface area contributed by atoms with E-state index >= 15 is 0 Å². The van der Waals surface area contributed by atoms with E-state index in [0.29, 0.717) is 0 Å².